The molecular weight excluding hydrogens is 366 g/mol. The van der Waals surface area contributed by atoms with Crippen molar-refractivity contribution in [1.29, 1.82) is 0 Å². The van der Waals surface area contributed by atoms with Crippen molar-refractivity contribution < 1.29 is 28.7 Å². The lowest BCUT2D eigenvalue weighted by molar-refractivity contribution is -0.146. The lowest BCUT2D eigenvalue weighted by Gasteiger charge is -2.23. The van der Waals surface area contributed by atoms with E-state index in [1.807, 2.05) is 0 Å². The summed E-state index contributed by atoms with van der Waals surface area (Å²) in [4.78, 5) is 50.2. The number of carbonyl (C=O) groups excluding carboxylic acids is 4. The number of rotatable bonds is 7. The molecule has 0 aromatic heterocycles. The highest BCUT2D eigenvalue weighted by Crippen LogP contribution is 2.29. The Balaban J connectivity index is 2.14. The van der Waals surface area contributed by atoms with Gasteiger partial charge >= 0.3 is 12.0 Å². The summed E-state index contributed by atoms with van der Waals surface area (Å²) in [5.41, 5.74) is -0.743. The topological polar surface area (TPSA) is 114 Å². The molecule has 1 fully saturated rings. The van der Waals surface area contributed by atoms with E-state index in [-0.39, 0.29) is 5.92 Å². The average Bonchev–Trinajstić information content (AvgIpc) is 2.89. The summed E-state index contributed by atoms with van der Waals surface area (Å²) in [5, 5.41) is 5.14. The van der Waals surface area contributed by atoms with Gasteiger partial charge in [0.15, 0.2) is 0 Å². The number of ether oxygens (including phenoxy) is 2. The first-order valence-corrected chi connectivity index (χ1v) is 8.79. The van der Waals surface area contributed by atoms with Crippen molar-refractivity contribution in [2.24, 2.45) is 5.92 Å². The molecular formula is C19H25N3O6. The standard InChI is InChI=1S/C19H25N3O6/c1-11(2)15(16(24)28-5)20-14(23)10-22-17(25)19(3,21-18(22)26)12-6-8-13(27-4)9-7-12/h6-9,11,15H,10H2,1-5H3,(H,20,23)(H,21,26)/t15-,19?/m0/s1. The smallest absolute Gasteiger partial charge is 0.328 e. The molecule has 0 aliphatic carbocycles. The van der Waals surface area contributed by atoms with Crippen LogP contribution in [0.4, 0.5) is 4.79 Å². The molecule has 0 spiro atoms. The number of esters is 1. The van der Waals surface area contributed by atoms with Crippen LogP contribution in [0.2, 0.25) is 0 Å². The van der Waals surface area contributed by atoms with E-state index in [0.29, 0.717) is 11.3 Å². The summed E-state index contributed by atoms with van der Waals surface area (Å²) < 4.78 is 9.77. The SMILES string of the molecule is COC(=O)[C@@H](NC(=O)CN1C(=O)NC(C)(c2ccc(OC)cc2)C1=O)C(C)C. The fraction of sp³-hybridized carbons (Fsp3) is 0.474. The molecule has 2 rings (SSSR count). The third-order valence-electron chi connectivity index (χ3n) is 4.68. The molecule has 1 aromatic carbocycles. The normalized spacial score (nSPS) is 20.0. The van der Waals surface area contributed by atoms with E-state index in [2.05, 4.69) is 15.4 Å². The number of carbonyl (C=O) groups is 4. The first kappa shape index (κ1) is 21.2. The van der Waals surface area contributed by atoms with Crippen LogP contribution in [-0.2, 0) is 24.7 Å². The number of methoxy groups -OCH3 is 2. The molecule has 9 nitrogen and oxygen atoms in total. The van der Waals surface area contributed by atoms with Gasteiger partial charge < -0.3 is 20.1 Å². The van der Waals surface area contributed by atoms with Crippen LogP contribution in [-0.4, -0.2) is 55.5 Å². The van der Waals surface area contributed by atoms with Gasteiger partial charge in [0.05, 0.1) is 14.2 Å². The van der Waals surface area contributed by atoms with Gasteiger partial charge in [-0.25, -0.2) is 9.59 Å². The number of nitrogens with one attached hydrogen (secondary N) is 2. The number of hydrogen-bond acceptors (Lipinski definition) is 6. The molecule has 4 amide bonds. The van der Waals surface area contributed by atoms with E-state index < -0.39 is 41.9 Å². The van der Waals surface area contributed by atoms with Crippen LogP contribution < -0.4 is 15.4 Å². The molecule has 2 N–H and O–H groups in total. The summed E-state index contributed by atoms with van der Waals surface area (Å²) >= 11 is 0. The van der Waals surface area contributed by atoms with Crippen molar-refractivity contribution in [2.45, 2.75) is 32.4 Å². The Kier molecular flexibility index (Phi) is 6.27. The Morgan fingerprint density at radius 2 is 1.79 bits per heavy atom. The number of hydrogen-bond donors (Lipinski definition) is 2. The second-order valence-corrected chi connectivity index (χ2v) is 6.99. The summed E-state index contributed by atoms with van der Waals surface area (Å²) in [5.74, 6) is -1.39. The van der Waals surface area contributed by atoms with Crippen molar-refractivity contribution >= 4 is 23.8 Å². The van der Waals surface area contributed by atoms with Crippen molar-refractivity contribution in [3.63, 3.8) is 0 Å². The van der Waals surface area contributed by atoms with Gasteiger partial charge in [-0.3, -0.25) is 14.5 Å². The van der Waals surface area contributed by atoms with Gasteiger partial charge in [0.2, 0.25) is 5.91 Å². The lowest BCUT2D eigenvalue weighted by Crippen LogP contribution is -2.49. The largest absolute Gasteiger partial charge is 0.497 e. The number of urea groups is 1. The highest BCUT2D eigenvalue weighted by molar-refractivity contribution is 6.09. The highest BCUT2D eigenvalue weighted by Gasteiger charge is 2.49. The Labute approximate surface area is 163 Å². The summed E-state index contributed by atoms with van der Waals surface area (Å²) in [6, 6.07) is 5.15. The molecule has 0 radical (unpaired) electrons. The van der Waals surface area contributed by atoms with Crippen LogP contribution in [0.1, 0.15) is 26.3 Å². The van der Waals surface area contributed by atoms with Crippen molar-refractivity contribution in [2.75, 3.05) is 20.8 Å². The minimum Gasteiger partial charge on any atom is -0.497 e. The zero-order valence-electron chi connectivity index (χ0n) is 16.6. The maximum atomic E-state index is 12.9. The molecule has 1 unspecified atom stereocenters. The first-order chi connectivity index (χ1) is 13.1. The molecule has 1 saturated heterocycles. The van der Waals surface area contributed by atoms with Crippen LogP contribution in [0.5, 0.6) is 5.75 Å². The highest BCUT2D eigenvalue weighted by atomic mass is 16.5. The minimum absolute atomic E-state index is 0.218. The number of nitrogens with zero attached hydrogens (tertiary/aromatic N) is 1. The number of benzene rings is 1. The Morgan fingerprint density at radius 1 is 1.18 bits per heavy atom. The van der Waals surface area contributed by atoms with E-state index in [4.69, 9.17) is 4.74 Å². The quantitative estimate of drug-likeness (QED) is 0.524. The van der Waals surface area contributed by atoms with E-state index >= 15 is 0 Å². The van der Waals surface area contributed by atoms with Crippen molar-refractivity contribution in [3.8, 4) is 5.75 Å². The van der Waals surface area contributed by atoms with Gasteiger partial charge in [-0.2, -0.15) is 0 Å². The third kappa shape index (κ3) is 4.08. The molecule has 28 heavy (non-hydrogen) atoms. The fourth-order valence-electron chi connectivity index (χ4n) is 2.95. The molecule has 1 aromatic rings. The van der Waals surface area contributed by atoms with Crippen LogP contribution in [0.15, 0.2) is 24.3 Å². The second kappa shape index (κ2) is 8.28. The maximum Gasteiger partial charge on any atom is 0.328 e. The Hall–Kier alpha value is -3.10. The van der Waals surface area contributed by atoms with E-state index in [1.165, 1.54) is 14.2 Å². The molecule has 1 aliphatic rings. The van der Waals surface area contributed by atoms with Crippen LogP contribution in [0.25, 0.3) is 0 Å². The molecule has 0 saturated carbocycles. The van der Waals surface area contributed by atoms with Crippen molar-refractivity contribution in [3.05, 3.63) is 29.8 Å². The monoisotopic (exact) mass is 391 g/mol. The number of amides is 4. The van der Waals surface area contributed by atoms with Gasteiger partial charge in [0, 0.05) is 0 Å². The van der Waals surface area contributed by atoms with E-state index in [0.717, 1.165) is 4.90 Å². The zero-order chi connectivity index (χ0) is 21.1. The van der Waals surface area contributed by atoms with Crippen molar-refractivity contribution in [1.82, 2.24) is 15.5 Å². The molecule has 1 heterocycles. The average molecular weight is 391 g/mol. The van der Waals surface area contributed by atoms with Gasteiger partial charge in [0.25, 0.3) is 5.91 Å². The molecule has 0 bridgehead atoms. The molecule has 1 aliphatic heterocycles. The summed E-state index contributed by atoms with van der Waals surface area (Å²) in [6.45, 7) is 4.56. The fourth-order valence-corrected chi connectivity index (χ4v) is 2.95. The predicted octanol–water partition coefficient (Wildman–Crippen LogP) is 0.776. The number of imide groups is 1. The van der Waals surface area contributed by atoms with Gasteiger partial charge in [-0.05, 0) is 30.5 Å². The van der Waals surface area contributed by atoms with Gasteiger partial charge in [-0.15, -0.1) is 0 Å². The first-order valence-electron chi connectivity index (χ1n) is 8.79. The molecule has 9 heteroatoms. The Bertz CT molecular complexity index is 776. The van der Waals surface area contributed by atoms with E-state index in [9.17, 15) is 19.2 Å². The molecule has 2 atom stereocenters. The maximum absolute atomic E-state index is 12.9. The minimum atomic E-state index is -1.30. The Morgan fingerprint density at radius 3 is 2.29 bits per heavy atom. The third-order valence-corrected chi connectivity index (χ3v) is 4.68. The predicted molar refractivity (Wildman–Crippen MR) is 99.4 cm³/mol. The second-order valence-electron chi connectivity index (χ2n) is 6.99. The van der Waals surface area contributed by atoms with Gasteiger partial charge in [-0.1, -0.05) is 26.0 Å². The van der Waals surface area contributed by atoms with E-state index in [1.54, 1.807) is 45.0 Å². The lowest BCUT2D eigenvalue weighted by atomic mass is 9.92. The van der Waals surface area contributed by atoms with Crippen LogP contribution >= 0.6 is 0 Å². The van der Waals surface area contributed by atoms with Crippen LogP contribution in [0.3, 0.4) is 0 Å². The summed E-state index contributed by atoms with van der Waals surface area (Å²) in [6.07, 6.45) is 0. The zero-order valence-corrected chi connectivity index (χ0v) is 16.6. The van der Waals surface area contributed by atoms with Gasteiger partial charge in [0.1, 0.15) is 23.9 Å². The van der Waals surface area contributed by atoms with Crippen LogP contribution in [0, 0.1) is 5.92 Å². The molecule has 152 valence electrons. The summed E-state index contributed by atoms with van der Waals surface area (Å²) in [7, 11) is 2.75.